The molecule has 1 heteroatoms. The summed E-state index contributed by atoms with van der Waals surface area (Å²) in [4.78, 5) is 0. The third kappa shape index (κ3) is 10.2. The summed E-state index contributed by atoms with van der Waals surface area (Å²) in [5.41, 5.74) is 13.8. The summed E-state index contributed by atoms with van der Waals surface area (Å²) in [6, 6.07) is 39.8. The van der Waals surface area contributed by atoms with Gasteiger partial charge in [0.05, 0.1) is 0 Å². The molecule has 0 bridgehead atoms. The minimum atomic E-state index is 0.163. The van der Waals surface area contributed by atoms with Crippen LogP contribution in [0.2, 0.25) is 0 Å². The van der Waals surface area contributed by atoms with E-state index in [1.54, 1.807) is 0 Å². The summed E-state index contributed by atoms with van der Waals surface area (Å²) in [5, 5.41) is 5.02. The SMILES string of the molecule is Cc1[c-]c2c(cc1C(C)(C)C)-c1cc(C(C)(C)C)c(C)cc1C2.[C-]1=CC=CC1.[CH2-]c1cccc2ccccc12.[CH2-]c1cccc2ccccc12.[CH2]=[Zr]. The number of fused-ring (bicyclic) bond motifs is 5. The Morgan fingerprint density at radius 2 is 1.13 bits per heavy atom. The van der Waals surface area contributed by atoms with Gasteiger partial charge in [-0.1, -0.05) is 131 Å². The van der Waals surface area contributed by atoms with Crippen LogP contribution in [0.25, 0.3) is 32.7 Å². The monoisotopic (exact) mass is 756 g/mol. The molecule has 0 amide bonds. The molecule has 0 fully saturated rings. The van der Waals surface area contributed by atoms with Crippen LogP contribution in [0.5, 0.6) is 0 Å². The minimum absolute atomic E-state index is 0.163. The van der Waals surface area contributed by atoms with E-state index < -0.39 is 0 Å². The van der Waals surface area contributed by atoms with Gasteiger partial charge in [0, 0.05) is 0 Å². The van der Waals surface area contributed by atoms with Gasteiger partial charge in [0.1, 0.15) is 0 Å². The summed E-state index contributed by atoms with van der Waals surface area (Å²) in [6.45, 7) is 26.1. The molecule has 2 aliphatic carbocycles. The fourth-order valence-corrected chi connectivity index (χ4v) is 6.95. The molecular formula is C51H54Zr-4. The fourth-order valence-electron chi connectivity index (χ4n) is 6.95. The predicted octanol–water partition coefficient (Wildman–Crippen LogP) is 13.6. The van der Waals surface area contributed by atoms with Gasteiger partial charge in [0.15, 0.2) is 0 Å². The number of hydrogen-bond donors (Lipinski definition) is 0. The first-order chi connectivity index (χ1) is 24.7. The van der Waals surface area contributed by atoms with Crippen LogP contribution in [0.3, 0.4) is 0 Å². The Balaban J connectivity index is 0.000000173. The van der Waals surface area contributed by atoms with Gasteiger partial charge >= 0.3 is 28.4 Å². The van der Waals surface area contributed by atoms with Crippen LogP contribution in [0.15, 0.2) is 121 Å². The van der Waals surface area contributed by atoms with Gasteiger partial charge in [-0.3, -0.25) is 6.08 Å². The molecule has 0 nitrogen and oxygen atoms in total. The third-order valence-electron chi connectivity index (χ3n) is 9.43. The molecule has 0 N–H and O–H groups in total. The van der Waals surface area contributed by atoms with Crippen LogP contribution in [-0.2, 0) is 41.5 Å². The van der Waals surface area contributed by atoms with E-state index in [0.29, 0.717) is 0 Å². The second-order valence-corrected chi connectivity index (χ2v) is 15.5. The molecular weight excluding hydrogens is 704 g/mol. The van der Waals surface area contributed by atoms with E-state index in [1.165, 1.54) is 90.3 Å². The van der Waals surface area contributed by atoms with E-state index >= 15 is 0 Å². The average molecular weight is 758 g/mol. The molecule has 6 aromatic rings. The molecule has 52 heavy (non-hydrogen) atoms. The van der Waals surface area contributed by atoms with Crippen LogP contribution in [-0.4, -0.2) is 4.21 Å². The summed E-state index contributed by atoms with van der Waals surface area (Å²) in [5.74, 6) is 0. The van der Waals surface area contributed by atoms with Gasteiger partial charge in [0.25, 0.3) is 0 Å². The normalized spacial score (nSPS) is 12.2. The number of rotatable bonds is 0. The summed E-state index contributed by atoms with van der Waals surface area (Å²) < 4.78 is 3.34. The van der Waals surface area contributed by atoms with Gasteiger partial charge < -0.3 is 0 Å². The molecule has 0 radical (unpaired) electrons. The zero-order valence-corrected chi connectivity index (χ0v) is 35.0. The average Bonchev–Trinajstić information content (AvgIpc) is 3.81. The Hall–Kier alpha value is -4.19. The summed E-state index contributed by atoms with van der Waals surface area (Å²) in [7, 11) is 0. The Bertz CT molecular complexity index is 2010. The van der Waals surface area contributed by atoms with Crippen molar-refractivity contribution >= 4 is 25.8 Å². The molecule has 0 spiro atoms. The zero-order chi connectivity index (χ0) is 38.1. The topological polar surface area (TPSA) is 0 Å². The molecule has 266 valence electrons. The van der Waals surface area contributed by atoms with Crippen LogP contribution < -0.4 is 0 Å². The van der Waals surface area contributed by atoms with E-state index in [9.17, 15) is 0 Å². The van der Waals surface area contributed by atoms with Gasteiger partial charge in [-0.05, 0) is 35.4 Å². The number of aryl methyl sites for hydroxylation is 2. The number of allylic oxidation sites excluding steroid dienone is 4. The Labute approximate surface area is 330 Å². The van der Waals surface area contributed by atoms with Crippen molar-refractivity contribution in [1.29, 1.82) is 0 Å². The van der Waals surface area contributed by atoms with E-state index in [0.717, 1.165) is 24.0 Å². The second-order valence-electron chi connectivity index (χ2n) is 15.5. The van der Waals surface area contributed by atoms with Crippen molar-refractivity contribution in [1.82, 2.24) is 0 Å². The predicted molar refractivity (Wildman–Crippen MR) is 226 cm³/mol. The first-order valence-electron chi connectivity index (χ1n) is 18.1. The first-order valence-corrected chi connectivity index (χ1v) is 19.8. The molecule has 0 heterocycles. The van der Waals surface area contributed by atoms with Crippen molar-refractivity contribution < 1.29 is 24.2 Å². The molecule has 8 rings (SSSR count). The van der Waals surface area contributed by atoms with Crippen molar-refractivity contribution in [2.75, 3.05) is 0 Å². The van der Waals surface area contributed by atoms with E-state index in [4.69, 9.17) is 0 Å². The van der Waals surface area contributed by atoms with Crippen molar-refractivity contribution in [3.8, 4) is 11.1 Å². The maximum absolute atomic E-state index is 3.95. The zero-order valence-electron chi connectivity index (χ0n) is 32.6. The van der Waals surface area contributed by atoms with Crippen molar-refractivity contribution in [3.05, 3.63) is 192 Å². The van der Waals surface area contributed by atoms with Gasteiger partial charge in [-0.2, -0.15) is 60.9 Å². The number of hydrogen-bond acceptors (Lipinski definition) is 0. The Kier molecular flexibility index (Phi) is 14.1. The van der Waals surface area contributed by atoms with E-state index in [1.807, 2.05) is 60.7 Å². The summed E-state index contributed by atoms with van der Waals surface area (Å²) >= 11 is 1.30. The number of benzene rings is 6. The fraction of sp³-hybridized carbons (Fsp3) is 0.235. The standard InChI is InChI=1S/C23H29.2C11H9.C5H5.CH2.Zr/c1-14-9-16-11-17-10-15(2)21(23(6,7)8)13-19(17)18(16)12-20(14)22(3,4)5;2*1-9-5-4-7-10-6-2-3-8-11(9)10;1-2-4-5-3-1;;/h9,12-13H,11H2,1-8H3;2*2-8H,1H2;1-3H,4H2;1H2;/q4*-1;;. The Morgan fingerprint density at radius 1 is 0.635 bits per heavy atom. The maximum atomic E-state index is 3.95. The molecule has 0 saturated carbocycles. The van der Waals surface area contributed by atoms with Crippen LogP contribution in [0, 0.1) is 39.8 Å². The first kappa shape index (κ1) is 40.6. The molecule has 6 aromatic carbocycles. The van der Waals surface area contributed by atoms with Crippen molar-refractivity contribution in [2.45, 2.75) is 79.1 Å². The van der Waals surface area contributed by atoms with Crippen LogP contribution >= 0.6 is 0 Å². The van der Waals surface area contributed by atoms with Crippen LogP contribution in [0.1, 0.15) is 92.5 Å². The van der Waals surface area contributed by atoms with E-state index in [2.05, 4.69) is 146 Å². The molecule has 2 aliphatic rings. The second kappa shape index (κ2) is 18.0. The van der Waals surface area contributed by atoms with Gasteiger partial charge in [0.2, 0.25) is 0 Å². The molecule has 0 atom stereocenters. The summed E-state index contributed by atoms with van der Waals surface area (Å²) in [6.07, 6.45) is 11.0. The quantitative estimate of drug-likeness (QED) is 0.135. The molecule has 0 aliphatic heterocycles. The van der Waals surface area contributed by atoms with E-state index in [-0.39, 0.29) is 10.8 Å². The van der Waals surface area contributed by atoms with Crippen molar-refractivity contribution in [2.24, 2.45) is 0 Å². The molecule has 0 aromatic heterocycles. The third-order valence-corrected chi connectivity index (χ3v) is 9.43. The van der Waals surface area contributed by atoms with Crippen LogP contribution in [0.4, 0.5) is 0 Å². The molecule has 0 unspecified atom stereocenters. The van der Waals surface area contributed by atoms with Crippen molar-refractivity contribution in [3.63, 3.8) is 0 Å². The molecule has 0 saturated heterocycles. The Morgan fingerprint density at radius 3 is 1.58 bits per heavy atom. The van der Waals surface area contributed by atoms with Gasteiger partial charge in [-0.25, -0.2) is 12.2 Å². The van der Waals surface area contributed by atoms with Gasteiger partial charge in [-0.15, -0.1) is 58.1 Å².